The number of amides is 1. The molecule has 0 fully saturated rings. The molecule has 0 aliphatic carbocycles. The third-order valence-corrected chi connectivity index (χ3v) is 1.55. The van der Waals surface area contributed by atoms with Crippen LogP contribution in [0.1, 0.15) is 13.8 Å². The van der Waals surface area contributed by atoms with Crippen molar-refractivity contribution in [3.05, 3.63) is 0 Å². The summed E-state index contributed by atoms with van der Waals surface area (Å²) in [5.41, 5.74) is 0. The second kappa shape index (κ2) is 7.58. The number of carbonyl (C=O) groups excluding carboxylic acids is 1. The van der Waals surface area contributed by atoms with E-state index in [0.29, 0.717) is 0 Å². The van der Waals surface area contributed by atoms with Crippen LogP contribution in [0, 0.1) is 5.92 Å². The lowest BCUT2D eigenvalue weighted by Gasteiger charge is -2.17. The fraction of sp³-hybridized carbons (Fsp3) is 0.750. The zero-order chi connectivity index (χ0) is 11.3. The predicted molar refractivity (Wildman–Crippen MR) is 55.6 cm³/mol. The molecule has 0 spiro atoms. The number of hydrogen-bond acceptors (Lipinski definition) is 3. The summed E-state index contributed by atoms with van der Waals surface area (Å²) in [5, 5.41) is 12.0. The highest BCUT2D eigenvalue weighted by Crippen LogP contribution is 2.00. The third kappa shape index (κ3) is 5.77. The lowest BCUT2D eigenvalue weighted by molar-refractivity contribution is -0.142. The second-order valence-electron chi connectivity index (χ2n) is 3.10. The molecule has 5 nitrogen and oxygen atoms in total. The quantitative estimate of drug-likeness (QED) is 0.608. The highest BCUT2D eigenvalue weighted by atomic mass is 35.5. The van der Waals surface area contributed by atoms with Crippen molar-refractivity contribution in [2.45, 2.75) is 19.9 Å². The van der Waals surface area contributed by atoms with Crippen molar-refractivity contribution in [1.82, 2.24) is 10.6 Å². The maximum absolute atomic E-state index is 11.1. The van der Waals surface area contributed by atoms with E-state index < -0.39 is 17.9 Å². The number of halogens is 1. The van der Waals surface area contributed by atoms with Gasteiger partial charge in [0.2, 0.25) is 5.91 Å². The number of rotatable bonds is 5. The molecule has 0 aromatic rings. The summed E-state index contributed by atoms with van der Waals surface area (Å²) in [6, 6.07) is -0.887. The molecule has 0 bridgehead atoms. The van der Waals surface area contributed by atoms with Crippen molar-refractivity contribution in [3.8, 4) is 0 Å². The van der Waals surface area contributed by atoms with E-state index in [1.54, 1.807) is 13.8 Å². The fourth-order valence-electron chi connectivity index (χ4n) is 0.876. The van der Waals surface area contributed by atoms with Gasteiger partial charge in [-0.1, -0.05) is 13.8 Å². The van der Waals surface area contributed by atoms with Gasteiger partial charge in [0, 0.05) is 0 Å². The Labute approximate surface area is 91.1 Å². The van der Waals surface area contributed by atoms with Crippen LogP contribution in [0.3, 0.4) is 0 Å². The summed E-state index contributed by atoms with van der Waals surface area (Å²) >= 11 is 0. The van der Waals surface area contributed by atoms with Crippen LogP contribution in [-0.4, -0.2) is 36.6 Å². The molecule has 0 unspecified atom stereocenters. The number of nitrogens with one attached hydrogen (secondary N) is 2. The van der Waals surface area contributed by atoms with Crippen LogP contribution in [0.4, 0.5) is 0 Å². The molecule has 6 heteroatoms. The minimum Gasteiger partial charge on any atom is -0.480 e. The van der Waals surface area contributed by atoms with Gasteiger partial charge in [-0.2, -0.15) is 0 Å². The van der Waals surface area contributed by atoms with Crippen LogP contribution in [0.2, 0.25) is 1.41 Å². The van der Waals surface area contributed by atoms with E-state index in [-0.39, 0.29) is 24.9 Å². The van der Waals surface area contributed by atoms with Gasteiger partial charge >= 0.3 is 5.97 Å². The maximum atomic E-state index is 11.1. The molecule has 0 aromatic carbocycles. The minimum absolute atomic E-state index is 0. The summed E-state index contributed by atoms with van der Waals surface area (Å²) in [4.78, 5) is 21.8. The molecule has 0 aliphatic rings. The molecular formula is C8H17ClN2O3. The smallest absolute Gasteiger partial charge is 0.326 e. The Balaban J connectivity index is 0. The van der Waals surface area contributed by atoms with Crippen molar-refractivity contribution in [3.63, 3.8) is 0 Å². The minimum atomic E-state index is -1.05. The normalized spacial score (nSPS) is 13.1. The average molecular weight is 226 g/mol. The van der Waals surface area contributed by atoms with Crippen molar-refractivity contribution in [2.24, 2.45) is 5.92 Å². The monoisotopic (exact) mass is 225 g/mol. The van der Waals surface area contributed by atoms with Crippen LogP contribution >= 0.6 is 12.4 Å². The Morgan fingerprint density at radius 3 is 2.29 bits per heavy atom. The fourth-order valence-corrected chi connectivity index (χ4v) is 0.876. The molecule has 1 atom stereocenters. The molecule has 0 saturated heterocycles. The first-order valence-electron chi connectivity index (χ1n) is 4.51. The van der Waals surface area contributed by atoms with Crippen molar-refractivity contribution in [1.29, 1.82) is 0 Å². The van der Waals surface area contributed by atoms with Gasteiger partial charge in [0.25, 0.3) is 0 Å². The first kappa shape index (κ1) is 13.2. The Morgan fingerprint density at radius 1 is 1.50 bits per heavy atom. The van der Waals surface area contributed by atoms with Crippen LogP contribution < -0.4 is 10.6 Å². The zero-order valence-corrected chi connectivity index (χ0v) is 9.30. The maximum Gasteiger partial charge on any atom is 0.326 e. The standard InChI is InChI=1S/C8H16N2O3.ClH/c1-5(2)7(8(12)13)10-6(11)4-9-3;/h5,7,9H,4H2,1-3H3,(H,10,11)(H,12,13);1H/t7-;/m0./s1/i/hD. The van der Waals surface area contributed by atoms with Crippen LogP contribution in [-0.2, 0) is 9.59 Å². The van der Waals surface area contributed by atoms with E-state index in [4.69, 9.17) is 6.52 Å². The molecule has 3 N–H and O–H groups in total. The van der Waals surface area contributed by atoms with Gasteiger partial charge in [-0.3, -0.25) is 4.79 Å². The molecule has 1 amide bonds. The molecule has 0 rings (SSSR count). The van der Waals surface area contributed by atoms with E-state index in [0.717, 1.165) is 5.31 Å². The van der Waals surface area contributed by atoms with Crippen LogP contribution in [0.15, 0.2) is 0 Å². The van der Waals surface area contributed by atoms with Gasteiger partial charge in [-0.15, -0.1) is 12.4 Å². The number of hydrogen-bond donors (Lipinski definition) is 3. The van der Waals surface area contributed by atoms with Gasteiger partial charge in [0.1, 0.15) is 7.45 Å². The van der Waals surface area contributed by atoms with E-state index in [9.17, 15) is 9.59 Å². The van der Waals surface area contributed by atoms with Gasteiger partial charge in [-0.25, -0.2) is 4.79 Å². The summed E-state index contributed by atoms with van der Waals surface area (Å²) < 4.78 is 6.99. The third-order valence-electron chi connectivity index (χ3n) is 1.55. The molecule has 84 valence electrons. The molecule has 0 heterocycles. The van der Waals surface area contributed by atoms with E-state index in [2.05, 4.69) is 5.32 Å². The largest absolute Gasteiger partial charge is 0.480 e. The Hall–Kier alpha value is -0.810. The van der Waals surface area contributed by atoms with Gasteiger partial charge in [0.05, 0.1) is 6.54 Å². The second-order valence-corrected chi connectivity index (χ2v) is 3.10. The Bertz CT molecular complexity index is 224. The molecule has 0 saturated carbocycles. The average Bonchev–Trinajstić information content (AvgIpc) is 1.97. The van der Waals surface area contributed by atoms with Crippen molar-refractivity contribution >= 4 is 24.3 Å². The highest BCUT2D eigenvalue weighted by Gasteiger charge is 2.22. The van der Waals surface area contributed by atoms with Crippen LogP contribution in [0.5, 0.6) is 0 Å². The summed E-state index contributed by atoms with van der Waals surface area (Å²) in [6.07, 6.45) is 0. The Kier molecular flexibility index (Phi) is 7.14. The summed E-state index contributed by atoms with van der Waals surface area (Å²) in [5.74, 6) is -1.68. The Morgan fingerprint density at radius 2 is 2.00 bits per heavy atom. The van der Waals surface area contributed by atoms with Crippen molar-refractivity contribution < 1.29 is 16.1 Å². The SMILES string of the molecule is Cl.[2H]N(C)CC(=O)N[C@H](C(=O)O)C(C)C. The van der Waals surface area contributed by atoms with E-state index in [1.807, 2.05) is 0 Å². The number of carboxylic acids is 1. The van der Waals surface area contributed by atoms with E-state index in [1.165, 1.54) is 7.05 Å². The molecule has 14 heavy (non-hydrogen) atoms. The zero-order valence-electron chi connectivity index (χ0n) is 9.48. The number of carbonyl (C=O) groups is 2. The topological polar surface area (TPSA) is 78.4 Å². The summed E-state index contributed by atoms with van der Waals surface area (Å²) in [7, 11) is 1.42. The first-order chi connectivity index (χ1) is 6.34. The van der Waals surface area contributed by atoms with E-state index >= 15 is 0 Å². The van der Waals surface area contributed by atoms with Gasteiger partial charge in [-0.05, 0) is 13.0 Å². The molecule has 0 aliphatic heterocycles. The predicted octanol–water partition coefficient (Wildman–Crippen LogP) is -0.147. The molecular weight excluding hydrogens is 208 g/mol. The molecule has 0 aromatic heterocycles. The summed E-state index contributed by atoms with van der Waals surface area (Å²) in [6.45, 7) is 3.30. The number of aliphatic carboxylic acids is 1. The van der Waals surface area contributed by atoms with Crippen LogP contribution in [0.25, 0.3) is 0 Å². The molecule has 0 radical (unpaired) electrons. The number of carboxylic acid groups (broad SMARTS) is 1. The lowest BCUT2D eigenvalue weighted by atomic mass is 10.1. The first-order valence-corrected chi connectivity index (χ1v) is 4.06. The lowest BCUT2D eigenvalue weighted by Crippen LogP contribution is -2.46. The number of likely N-dealkylation sites (N-methyl/N-ethyl adjacent to an activating group) is 1. The highest BCUT2D eigenvalue weighted by molar-refractivity contribution is 5.85. The van der Waals surface area contributed by atoms with Gasteiger partial charge < -0.3 is 15.7 Å². The van der Waals surface area contributed by atoms with Crippen molar-refractivity contribution in [2.75, 3.05) is 13.6 Å². The van der Waals surface area contributed by atoms with Gasteiger partial charge in [0.15, 0.2) is 0 Å².